The van der Waals surface area contributed by atoms with Crippen molar-refractivity contribution in [3.05, 3.63) is 114 Å². The Kier molecular flexibility index (Phi) is 5.85. The SMILES string of the molecule is Cc1ccc(C(NC(=O)NCc2ccnc(-n3cccn3)c2)c2ccccc2)cc1. The van der Waals surface area contributed by atoms with Crippen LogP contribution in [0.3, 0.4) is 0 Å². The van der Waals surface area contributed by atoms with Crippen LogP contribution in [-0.4, -0.2) is 20.8 Å². The number of hydrogen-bond donors (Lipinski definition) is 2. The molecule has 4 rings (SSSR count). The summed E-state index contributed by atoms with van der Waals surface area (Å²) in [5.74, 6) is 0.710. The van der Waals surface area contributed by atoms with Crippen LogP contribution >= 0.6 is 0 Å². The quantitative estimate of drug-likeness (QED) is 0.513. The van der Waals surface area contributed by atoms with Crippen LogP contribution < -0.4 is 10.6 Å². The molecule has 4 aromatic rings. The maximum atomic E-state index is 12.7. The molecular formula is C24H23N5O. The average molecular weight is 397 g/mol. The third kappa shape index (κ3) is 4.72. The summed E-state index contributed by atoms with van der Waals surface area (Å²) in [6.45, 7) is 2.44. The van der Waals surface area contributed by atoms with E-state index in [0.717, 1.165) is 16.7 Å². The lowest BCUT2D eigenvalue weighted by atomic mass is 9.98. The van der Waals surface area contributed by atoms with Gasteiger partial charge in [0.25, 0.3) is 0 Å². The maximum absolute atomic E-state index is 12.7. The van der Waals surface area contributed by atoms with Gasteiger partial charge in [0, 0.05) is 25.1 Å². The minimum atomic E-state index is -0.234. The van der Waals surface area contributed by atoms with Gasteiger partial charge in [-0.15, -0.1) is 0 Å². The molecule has 0 bridgehead atoms. The Morgan fingerprint density at radius 3 is 2.47 bits per heavy atom. The number of aromatic nitrogens is 3. The number of pyridine rings is 1. The van der Waals surface area contributed by atoms with Gasteiger partial charge in [-0.25, -0.2) is 14.5 Å². The molecule has 0 aliphatic heterocycles. The van der Waals surface area contributed by atoms with Gasteiger partial charge in [0.2, 0.25) is 0 Å². The van der Waals surface area contributed by atoms with Gasteiger partial charge in [-0.1, -0.05) is 60.2 Å². The number of nitrogens with zero attached hydrogens (tertiary/aromatic N) is 3. The van der Waals surface area contributed by atoms with Crippen LogP contribution in [0.25, 0.3) is 5.82 Å². The number of carbonyl (C=O) groups is 1. The molecule has 0 fully saturated rings. The van der Waals surface area contributed by atoms with Gasteiger partial charge in [-0.2, -0.15) is 5.10 Å². The molecular weight excluding hydrogens is 374 g/mol. The predicted molar refractivity (Wildman–Crippen MR) is 116 cm³/mol. The van der Waals surface area contributed by atoms with Gasteiger partial charge in [0.05, 0.1) is 6.04 Å². The van der Waals surface area contributed by atoms with Crippen molar-refractivity contribution in [3.63, 3.8) is 0 Å². The number of nitrogens with one attached hydrogen (secondary N) is 2. The molecule has 0 aliphatic rings. The highest BCUT2D eigenvalue weighted by atomic mass is 16.2. The van der Waals surface area contributed by atoms with Gasteiger partial charge in [-0.3, -0.25) is 0 Å². The third-order valence-electron chi connectivity index (χ3n) is 4.82. The smallest absolute Gasteiger partial charge is 0.315 e. The van der Waals surface area contributed by atoms with Gasteiger partial charge < -0.3 is 10.6 Å². The Morgan fingerprint density at radius 2 is 1.73 bits per heavy atom. The summed E-state index contributed by atoms with van der Waals surface area (Å²) in [4.78, 5) is 17.0. The third-order valence-corrected chi connectivity index (χ3v) is 4.82. The Hall–Kier alpha value is -3.93. The van der Waals surface area contributed by atoms with Crippen molar-refractivity contribution in [2.75, 3.05) is 0 Å². The molecule has 2 aromatic heterocycles. The second-order valence-corrected chi connectivity index (χ2v) is 7.05. The number of carbonyl (C=O) groups excluding carboxylic acids is 1. The Bertz CT molecular complexity index is 1090. The van der Waals surface area contributed by atoms with Crippen LogP contribution in [0, 0.1) is 6.92 Å². The molecule has 0 spiro atoms. The van der Waals surface area contributed by atoms with Crippen molar-refractivity contribution in [3.8, 4) is 5.82 Å². The summed E-state index contributed by atoms with van der Waals surface area (Å²) < 4.78 is 1.69. The topological polar surface area (TPSA) is 71.8 Å². The van der Waals surface area contributed by atoms with E-state index in [1.165, 1.54) is 5.56 Å². The number of urea groups is 1. The van der Waals surface area contributed by atoms with Crippen molar-refractivity contribution < 1.29 is 4.79 Å². The van der Waals surface area contributed by atoms with E-state index in [2.05, 4.69) is 32.8 Å². The first-order valence-corrected chi connectivity index (χ1v) is 9.80. The Morgan fingerprint density at radius 1 is 0.967 bits per heavy atom. The van der Waals surface area contributed by atoms with E-state index in [-0.39, 0.29) is 12.1 Å². The van der Waals surface area contributed by atoms with Crippen molar-refractivity contribution in [2.24, 2.45) is 0 Å². The Balaban J connectivity index is 1.46. The second-order valence-electron chi connectivity index (χ2n) is 7.05. The molecule has 1 unspecified atom stereocenters. The number of amides is 2. The van der Waals surface area contributed by atoms with Gasteiger partial charge in [0.15, 0.2) is 5.82 Å². The first-order valence-electron chi connectivity index (χ1n) is 9.80. The molecule has 2 amide bonds. The van der Waals surface area contributed by atoms with E-state index in [1.54, 1.807) is 17.1 Å². The van der Waals surface area contributed by atoms with Crippen LogP contribution in [0.15, 0.2) is 91.4 Å². The minimum absolute atomic E-state index is 0.233. The van der Waals surface area contributed by atoms with E-state index >= 15 is 0 Å². The van der Waals surface area contributed by atoms with Crippen molar-refractivity contribution in [1.82, 2.24) is 25.4 Å². The van der Waals surface area contributed by atoms with E-state index < -0.39 is 0 Å². The normalized spacial score (nSPS) is 11.6. The number of benzene rings is 2. The molecule has 150 valence electrons. The number of rotatable bonds is 6. The van der Waals surface area contributed by atoms with Gasteiger partial charge >= 0.3 is 6.03 Å². The highest BCUT2D eigenvalue weighted by Crippen LogP contribution is 2.22. The fourth-order valence-electron chi connectivity index (χ4n) is 3.23. The summed E-state index contributed by atoms with van der Waals surface area (Å²) in [5.41, 5.74) is 4.19. The summed E-state index contributed by atoms with van der Waals surface area (Å²) in [7, 11) is 0. The van der Waals surface area contributed by atoms with E-state index in [1.807, 2.05) is 73.8 Å². The highest BCUT2D eigenvalue weighted by Gasteiger charge is 2.16. The average Bonchev–Trinajstić information content (AvgIpc) is 3.33. The number of hydrogen-bond acceptors (Lipinski definition) is 3. The molecule has 2 heterocycles. The summed E-state index contributed by atoms with van der Waals surface area (Å²) in [6, 6.07) is 23.3. The molecule has 6 nitrogen and oxygen atoms in total. The zero-order chi connectivity index (χ0) is 20.8. The van der Waals surface area contributed by atoms with Crippen LogP contribution in [0.1, 0.15) is 28.3 Å². The molecule has 0 aliphatic carbocycles. The van der Waals surface area contributed by atoms with Crippen LogP contribution in [-0.2, 0) is 6.54 Å². The summed E-state index contributed by atoms with van der Waals surface area (Å²) in [6.07, 6.45) is 5.25. The van der Waals surface area contributed by atoms with Crippen molar-refractivity contribution in [2.45, 2.75) is 19.5 Å². The molecule has 0 saturated carbocycles. The minimum Gasteiger partial charge on any atom is -0.334 e. The monoisotopic (exact) mass is 397 g/mol. The second kappa shape index (κ2) is 9.05. The first-order chi connectivity index (χ1) is 14.7. The van der Waals surface area contributed by atoms with Crippen LogP contribution in [0.5, 0.6) is 0 Å². The maximum Gasteiger partial charge on any atom is 0.315 e. The fraction of sp³-hybridized carbons (Fsp3) is 0.125. The van der Waals surface area contributed by atoms with Crippen molar-refractivity contribution in [1.29, 1.82) is 0 Å². The number of aryl methyl sites for hydroxylation is 1. The summed E-state index contributed by atoms with van der Waals surface area (Å²) >= 11 is 0. The molecule has 0 radical (unpaired) electrons. The molecule has 1 atom stereocenters. The molecule has 6 heteroatoms. The zero-order valence-corrected chi connectivity index (χ0v) is 16.7. The zero-order valence-electron chi connectivity index (χ0n) is 16.7. The summed E-state index contributed by atoms with van der Waals surface area (Å²) in [5, 5.41) is 10.2. The lowest BCUT2D eigenvalue weighted by Crippen LogP contribution is -2.38. The van der Waals surface area contributed by atoms with E-state index in [4.69, 9.17) is 0 Å². The lowest BCUT2D eigenvalue weighted by Gasteiger charge is -2.20. The van der Waals surface area contributed by atoms with Gasteiger partial charge in [-0.05, 0) is 41.8 Å². The molecule has 0 saturated heterocycles. The highest BCUT2D eigenvalue weighted by molar-refractivity contribution is 5.75. The lowest BCUT2D eigenvalue weighted by molar-refractivity contribution is 0.238. The Labute approximate surface area is 175 Å². The fourth-order valence-corrected chi connectivity index (χ4v) is 3.23. The molecule has 30 heavy (non-hydrogen) atoms. The molecule has 2 aromatic carbocycles. The van der Waals surface area contributed by atoms with Crippen LogP contribution in [0.4, 0.5) is 4.79 Å². The van der Waals surface area contributed by atoms with Crippen LogP contribution in [0.2, 0.25) is 0 Å². The van der Waals surface area contributed by atoms with E-state index in [0.29, 0.717) is 12.4 Å². The largest absolute Gasteiger partial charge is 0.334 e. The first kappa shape index (κ1) is 19.4. The predicted octanol–water partition coefficient (Wildman–Crippen LogP) is 4.16. The standard InChI is InChI=1S/C24H23N5O/c1-18-8-10-21(11-9-18)23(20-6-3-2-4-7-20)28-24(30)26-17-19-12-14-25-22(16-19)29-15-5-13-27-29/h2-16,23H,17H2,1H3,(H2,26,28,30). The van der Waals surface area contributed by atoms with E-state index in [9.17, 15) is 4.79 Å². The van der Waals surface area contributed by atoms with Gasteiger partial charge in [0.1, 0.15) is 0 Å². The van der Waals surface area contributed by atoms with Crippen molar-refractivity contribution >= 4 is 6.03 Å². The molecule has 2 N–H and O–H groups in total.